The highest BCUT2D eigenvalue weighted by Crippen LogP contribution is 2.54. The van der Waals surface area contributed by atoms with Gasteiger partial charge in [-0.2, -0.15) is 0 Å². The van der Waals surface area contributed by atoms with E-state index in [1.54, 1.807) is 0 Å². The normalized spacial score (nSPS) is 57.0. The largest absolute Gasteiger partial charge is 0.316 e. The number of hydrogen-bond acceptors (Lipinski definition) is 1. The highest BCUT2D eigenvalue weighted by atomic mass is 15.0. The number of piperidine rings is 1. The summed E-state index contributed by atoms with van der Waals surface area (Å²) in [5.74, 6) is 1.05. The zero-order valence-corrected chi connectivity index (χ0v) is 4.70. The molecule has 2 atom stereocenters. The number of rotatable bonds is 0. The Morgan fingerprint density at radius 1 is 1.71 bits per heavy atom. The first-order valence-electron chi connectivity index (χ1n) is 3.02. The van der Waals surface area contributed by atoms with E-state index < -0.39 is 0 Å². The van der Waals surface area contributed by atoms with E-state index in [2.05, 4.69) is 12.2 Å². The van der Waals surface area contributed by atoms with Gasteiger partial charge < -0.3 is 5.32 Å². The lowest BCUT2D eigenvalue weighted by atomic mass is 10.1. The maximum absolute atomic E-state index is 3.36. The second-order valence-electron chi connectivity index (χ2n) is 3.19. The van der Waals surface area contributed by atoms with Crippen molar-refractivity contribution in [3.63, 3.8) is 0 Å². The van der Waals surface area contributed by atoms with Gasteiger partial charge in [0, 0.05) is 6.54 Å². The third kappa shape index (κ3) is 0.367. The Morgan fingerprint density at radius 3 is 2.71 bits per heavy atom. The zero-order chi connectivity index (χ0) is 4.91. The molecule has 40 valence electrons. The molecule has 1 aliphatic carbocycles. The van der Waals surface area contributed by atoms with Crippen LogP contribution in [-0.4, -0.2) is 13.1 Å². The predicted octanol–water partition coefficient (Wildman–Crippen LogP) is 0.616. The molecule has 0 radical (unpaired) electrons. The first-order valence-corrected chi connectivity index (χ1v) is 3.02. The van der Waals surface area contributed by atoms with Crippen molar-refractivity contribution in [2.75, 3.05) is 13.1 Å². The Labute approximate surface area is 44.1 Å². The first kappa shape index (κ1) is 3.90. The molecule has 1 unspecified atom stereocenters. The van der Waals surface area contributed by atoms with E-state index in [1.165, 1.54) is 19.5 Å². The molecule has 0 aromatic carbocycles. The average molecular weight is 97.2 g/mol. The molecule has 1 nitrogen and oxygen atoms in total. The molecule has 1 saturated heterocycles. The number of nitrogens with one attached hydrogen (secondary N) is 1. The highest BCUT2D eigenvalue weighted by Gasteiger charge is 2.52. The van der Waals surface area contributed by atoms with Crippen molar-refractivity contribution in [1.82, 2.24) is 5.32 Å². The van der Waals surface area contributed by atoms with Crippen LogP contribution in [0.1, 0.15) is 13.3 Å². The highest BCUT2D eigenvalue weighted by molar-refractivity contribution is 5.05. The van der Waals surface area contributed by atoms with Crippen LogP contribution >= 0.6 is 0 Å². The van der Waals surface area contributed by atoms with E-state index in [4.69, 9.17) is 0 Å². The second kappa shape index (κ2) is 0.873. The molecule has 0 bridgehead atoms. The Hall–Kier alpha value is -0.0400. The van der Waals surface area contributed by atoms with Crippen LogP contribution in [0.25, 0.3) is 0 Å². The maximum Gasteiger partial charge on any atom is 0.000853 e. The molecule has 2 rings (SSSR count). The molecule has 1 N–H and O–H groups in total. The van der Waals surface area contributed by atoms with Gasteiger partial charge in [-0.05, 0) is 24.3 Å². The van der Waals surface area contributed by atoms with Gasteiger partial charge in [0.25, 0.3) is 0 Å². The van der Waals surface area contributed by atoms with Gasteiger partial charge in [-0.3, -0.25) is 0 Å². The fourth-order valence-electron chi connectivity index (χ4n) is 1.57. The van der Waals surface area contributed by atoms with E-state index in [9.17, 15) is 0 Å². The Kier molecular flexibility index (Phi) is 0.487. The third-order valence-electron chi connectivity index (χ3n) is 2.46. The van der Waals surface area contributed by atoms with Crippen LogP contribution in [0.15, 0.2) is 0 Å². The van der Waals surface area contributed by atoms with Crippen LogP contribution < -0.4 is 5.32 Å². The van der Waals surface area contributed by atoms with Gasteiger partial charge in [0.05, 0.1) is 0 Å². The minimum absolute atomic E-state index is 0.750. The van der Waals surface area contributed by atoms with Crippen molar-refractivity contribution < 1.29 is 0 Å². The molecule has 1 aliphatic heterocycles. The summed E-state index contributed by atoms with van der Waals surface area (Å²) in [6.07, 6.45) is 1.49. The summed E-state index contributed by atoms with van der Waals surface area (Å²) in [6, 6.07) is 0. The van der Waals surface area contributed by atoms with E-state index >= 15 is 0 Å². The van der Waals surface area contributed by atoms with E-state index in [1.807, 2.05) is 0 Å². The van der Waals surface area contributed by atoms with E-state index in [-0.39, 0.29) is 0 Å². The monoisotopic (exact) mass is 97.1 g/mol. The van der Waals surface area contributed by atoms with Crippen LogP contribution in [0.2, 0.25) is 0 Å². The molecule has 1 saturated carbocycles. The van der Waals surface area contributed by atoms with Gasteiger partial charge >= 0.3 is 0 Å². The summed E-state index contributed by atoms with van der Waals surface area (Å²) in [6.45, 7) is 4.94. The molecule has 0 aromatic rings. The Morgan fingerprint density at radius 2 is 2.57 bits per heavy atom. The molecule has 0 spiro atoms. The second-order valence-corrected chi connectivity index (χ2v) is 3.19. The van der Waals surface area contributed by atoms with Crippen molar-refractivity contribution in [3.8, 4) is 0 Å². The van der Waals surface area contributed by atoms with Crippen molar-refractivity contribution in [2.45, 2.75) is 13.3 Å². The standard InChI is InChI=1S/C6H11N/c1-6-2-5(6)3-7-4-6/h5,7H,2-4H2,1H3/t5?,6-/m1/s1. The molecule has 0 amide bonds. The molecule has 2 fully saturated rings. The number of hydrogen-bond donors (Lipinski definition) is 1. The van der Waals surface area contributed by atoms with Crippen molar-refractivity contribution in [3.05, 3.63) is 0 Å². The summed E-state index contributed by atoms with van der Waals surface area (Å²) in [5.41, 5.74) is 0.750. The minimum Gasteiger partial charge on any atom is -0.316 e. The molecule has 0 aromatic heterocycles. The lowest BCUT2D eigenvalue weighted by molar-refractivity contribution is 0.576. The lowest BCUT2D eigenvalue weighted by Crippen LogP contribution is -2.13. The van der Waals surface area contributed by atoms with Crippen molar-refractivity contribution >= 4 is 0 Å². The van der Waals surface area contributed by atoms with Gasteiger partial charge in [-0.25, -0.2) is 0 Å². The van der Waals surface area contributed by atoms with Gasteiger partial charge in [-0.1, -0.05) is 6.92 Å². The maximum atomic E-state index is 3.36. The fourth-order valence-corrected chi connectivity index (χ4v) is 1.57. The lowest BCUT2D eigenvalue weighted by Gasteiger charge is -1.97. The Bertz CT molecular complexity index is 98.4. The zero-order valence-electron chi connectivity index (χ0n) is 4.70. The van der Waals surface area contributed by atoms with Gasteiger partial charge in [0.1, 0.15) is 0 Å². The summed E-state index contributed by atoms with van der Waals surface area (Å²) >= 11 is 0. The van der Waals surface area contributed by atoms with Crippen LogP contribution in [0.4, 0.5) is 0 Å². The summed E-state index contributed by atoms with van der Waals surface area (Å²) < 4.78 is 0. The first-order chi connectivity index (χ1) is 3.31. The van der Waals surface area contributed by atoms with Crippen LogP contribution in [0, 0.1) is 11.3 Å². The topological polar surface area (TPSA) is 12.0 Å². The van der Waals surface area contributed by atoms with E-state index in [0.717, 1.165) is 11.3 Å². The van der Waals surface area contributed by atoms with Gasteiger partial charge in [0.15, 0.2) is 0 Å². The predicted molar refractivity (Wildman–Crippen MR) is 29.1 cm³/mol. The summed E-state index contributed by atoms with van der Waals surface area (Å²) in [5, 5.41) is 3.36. The number of fused-ring (bicyclic) bond motifs is 1. The molecule has 2 aliphatic rings. The van der Waals surface area contributed by atoms with Crippen molar-refractivity contribution in [1.29, 1.82) is 0 Å². The van der Waals surface area contributed by atoms with Crippen LogP contribution in [-0.2, 0) is 0 Å². The van der Waals surface area contributed by atoms with Crippen LogP contribution in [0.5, 0.6) is 0 Å². The smallest absolute Gasteiger partial charge is 0.000853 e. The van der Waals surface area contributed by atoms with Gasteiger partial charge in [0.2, 0.25) is 0 Å². The molecular formula is C6H11N. The van der Waals surface area contributed by atoms with Crippen LogP contribution in [0.3, 0.4) is 0 Å². The van der Waals surface area contributed by atoms with Gasteiger partial charge in [-0.15, -0.1) is 0 Å². The molecule has 1 heteroatoms. The minimum atomic E-state index is 0.750. The molecule has 1 heterocycles. The SMILES string of the molecule is C[C@@]12CNCC1C2. The van der Waals surface area contributed by atoms with E-state index in [0.29, 0.717) is 0 Å². The molecular weight excluding hydrogens is 86.1 g/mol. The third-order valence-corrected chi connectivity index (χ3v) is 2.46. The molecule has 7 heavy (non-hydrogen) atoms. The summed E-state index contributed by atoms with van der Waals surface area (Å²) in [4.78, 5) is 0. The van der Waals surface area contributed by atoms with Crippen molar-refractivity contribution in [2.24, 2.45) is 11.3 Å². The Balaban J connectivity index is 2.17. The summed E-state index contributed by atoms with van der Waals surface area (Å²) in [7, 11) is 0. The average Bonchev–Trinajstić information content (AvgIpc) is 2.09. The quantitative estimate of drug-likeness (QED) is 0.467. The fraction of sp³-hybridized carbons (Fsp3) is 1.00.